The maximum Gasteiger partial charge on any atom is 0.330 e. The molecule has 4 heterocycles. The van der Waals surface area contributed by atoms with E-state index >= 15 is 14.4 Å². The third-order valence-electron chi connectivity index (χ3n) is 18.0. The van der Waals surface area contributed by atoms with E-state index in [2.05, 4.69) is 0 Å². The van der Waals surface area contributed by atoms with E-state index in [4.69, 9.17) is 33.2 Å². The summed E-state index contributed by atoms with van der Waals surface area (Å²) in [7, 11) is 2.17. The van der Waals surface area contributed by atoms with E-state index in [0.717, 1.165) is 74.9 Å². The Bertz CT molecular complexity index is 3380. The number of methoxy groups -OCH3 is 2. The molecule has 4 fully saturated rings. The molecule has 0 aliphatic carbocycles. The van der Waals surface area contributed by atoms with Crippen LogP contribution in [-0.2, 0) is 47.7 Å². The Labute approximate surface area is 542 Å². The molecule has 0 amide bonds. The summed E-state index contributed by atoms with van der Waals surface area (Å²) in [6, 6.07) is 11.4. The molecule has 530 valence electrons. The SMILES string of the molecule is COc1cc(C=CC(=O)OCC2(C(=O)[C@@](O)(C3O[C@H](CO)[C@@H](O)[C@H](O)[C@H]3O)[C@](O)(C3O[C@H](C(O)C(C)=O)[C@@H](O)[C@@](O)(C4O[C@H](CO)[C@@H](O)[C@H](O)[C@H]4O)[C@H]3O)[C@@](O)(C(=O)C=Cc3ccc(O)c(OC)c3)[C@H](O)C(O)C(C)=O)O[C@H](CO)[C@@H](O)[C@]2(O)C(=O)c2ccccc2)ccc1O. The smallest absolute Gasteiger partial charge is 0.330 e. The number of carbonyl (C=O) groups excluding carboxylic acids is 6. The minimum atomic E-state index is -5.82. The first-order chi connectivity index (χ1) is 44.9. The summed E-state index contributed by atoms with van der Waals surface area (Å²) >= 11 is 0. The maximum atomic E-state index is 17.5. The standard InChI is InChI=1S/C61H76O35/c1-24(65)38(71)46-50(82)57(85,52-44(77)42(75)40(73)33(20-62)93-52)51(83)54(95-46)61(89,58(86,49(81)39(72)25(2)66)36(69)16-12-26-10-14-29(67)31(18-26)90-3)60(88,53-45(78)43(76)41(74)34(21-63)94-53)55(84)56(23-92-37(70)17-13-27-11-15-30(68)32(19-27)91-4)59(87,48(80)35(22-64)96-56)47(79)28-8-6-5-7-9-28/h5-19,33-35,38-46,48-54,62-64,67-68,71-78,80-83,85-89H,20-23H2,1-4H3/t33-,34-,35-,38?,39?,40-,41-,42+,43+,44-,45-,46-,48-,49-,50-,51+,52?,53?,54?,56?,57+,58-,59-,60+,61+/m1/s1. The van der Waals surface area contributed by atoms with Gasteiger partial charge in [0.25, 0.3) is 0 Å². The van der Waals surface area contributed by atoms with Gasteiger partial charge in [0.2, 0.25) is 17.2 Å². The van der Waals surface area contributed by atoms with Gasteiger partial charge in [-0.1, -0.05) is 48.5 Å². The van der Waals surface area contributed by atoms with Crippen LogP contribution in [0.25, 0.3) is 12.2 Å². The number of hydrogen-bond donors (Lipinski definition) is 22. The Balaban J connectivity index is 1.73. The van der Waals surface area contributed by atoms with Crippen LogP contribution < -0.4 is 9.47 Å². The second-order valence-electron chi connectivity index (χ2n) is 23.6. The van der Waals surface area contributed by atoms with E-state index in [1.54, 1.807) is 0 Å². The highest BCUT2D eigenvalue weighted by Crippen LogP contribution is 2.56. The fourth-order valence-corrected chi connectivity index (χ4v) is 12.5. The molecule has 0 aromatic heterocycles. The number of aliphatic hydroxyl groups excluding tert-OH is 15. The van der Waals surface area contributed by atoms with Crippen molar-refractivity contribution in [1.82, 2.24) is 0 Å². The Kier molecular flexibility index (Phi) is 23.4. The largest absolute Gasteiger partial charge is 0.504 e. The number of esters is 1. The minimum absolute atomic E-state index is 0.0000233. The number of hydrogen-bond acceptors (Lipinski definition) is 35. The fourth-order valence-electron chi connectivity index (χ4n) is 12.5. The monoisotopic (exact) mass is 1370 g/mol. The number of carbonyl (C=O) groups is 6. The number of aliphatic hydroxyl groups is 20. The highest BCUT2D eigenvalue weighted by atomic mass is 16.6. The lowest BCUT2D eigenvalue weighted by Gasteiger charge is -2.64. The van der Waals surface area contributed by atoms with E-state index in [0.29, 0.717) is 26.0 Å². The average molecular weight is 1370 g/mol. The molecule has 3 aromatic carbocycles. The zero-order valence-electron chi connectivity index (χ0n) is 51.1. The summed E-state index contributed by atoms with van der Waals surface area (Å²) in [4.78, 5) is 90.1. The number of phenolic OH excluding ortho intramolecular Hbond substituents is 2. The van der Waals surface area contributed by atoms with Crippen molar-refractivity contribution in [2.75, 3.05) is 40.6 Å². The van der Waals surface area contributed by atoms with Gasteiger partial charge in [-0.15, -0.1) is 0 Å². The van der Waals surface area contributed by atoms with Crippen molar-refractivity contribution in [1.29, 1.82) is 0 Å². The summed E-state index contributed by atoms with van der Waals surface area (Å²) in [6.45, 7) is -6.28. The first kappa shape index (κ1) is 76.6. The molecular weight excluding hydrogens is 1290 g/mol. The lowest BCUT2D eigenvalue weighted by atomic mass is 9.53. The third-order valence-corrected chi connectivity index (χ3v) is 18.0. The number of ether oxygens (including phenoxy) is 7. The Morgan fingerprint density at radius 1 is 0.604 bits per heavy atom. The average Bonchev–Trinajstić information content (AvgIpc) is 1.02. The van der Waals surface area contributed by atoms with Crippen LogP contribution in [0.3, 0.4) is 0 Å². The fraction of sp³-hybridized carbons (Fsp3) is 0.541. The molecule has 96 heavy (non-hydrogen) atoms. The normalized spacial score (nSPS) is 35.4. The molecule has 22 N–H and O–H groups in total. The number of aromatic hydroxyl groups is 2. The molecule has 25 atom stereocenters. The number of phenols is 2. The van der Waals surface area contributed by atoms with Crippen LogP contribution in [0, 0.1) is 0 Å². The lowest BCUT2D eigenvalue weighted by molar-refractivity contribution is -0.397. The predicted octanol–water partition coefficient (Wildman–Crippen LogP) is -10.0. The van der Waals surface area contributed by atoms with Crippen LogP contribution in [0.2, 0.25) is 0 Å². The lowest BCUT2D eigenvalue weighted by Crippen LogP contribution is -2.92. The summed E-state index contributed by atoms with van der Waals surface area (Å²) in [5.74, 6) is -14.5. The molecule has 7 rings (SSSR count). The van der Waals surface area contributed by atoms with E-state index in [1.165, 1.54) is 12.1 Å². The molecule has 0 saturated carbocycles. The first-order valence-corrected chi connectivity index (χ1v) is 29.1. The molecule has 6 unspecified atom stereocenters. The third kappa shape index (κ3) is 12.6. The summed E-state index contributed by atoms with van der Waals surface area (Å²) in [5, 5.41) is 266. The molecule has 0 bridgehead atoms. The number of ketones is 5. The molecular formula is C61H76O35. The molecule has 0 spiro atoms. The van der Waals surface area contributed by atoms with Gasteiger partial charge >= 0.3 is 5.97 Å². The van der Waals surface area contributed by atoms with Gasteiger partial charge in [0.15, 0.2) is 68.4 Å². The van der Waals surface area contributed by atoms with E-state index in [9.17, 15) is 127 Å². The van der Waals surface area contributed by atoms with Crippen LogP contribution >= 0.6 is 0 Å². The van der Waals surface area contributed by atoms with Gasteiger partial charge in [0.1, 0.15) is 123 Å². The summed E-state index contributed by atoms with van der Waals surface area (Å²) in [5.41, 5.74) is -31.6. The number of benzene rings is 3. The van der Waals surface area contributed by atoms with Crippen molar-refractivity contribution in [2.45, 2.75) is 163 Å². The van der Waals surface area contributed by atoms with Gasteiger partial charge in [-0.2, -0.15) is 0 Å². The predicted molar refractivity (Wildman–Crippen MR) is 312 cm³/mol. The summed E-state index contributed by atoms with van der Waals surface area (Å²) < 4.78 is 38.6. The zero-order chi connectivity index (χ0) is 71.9. The van der Waals surface area contributed by atoms with E-state index in [-0.39, 0.29) is 23.0 Å². The van der Waals surface area contributed by atoms with Gasteiger partial charge in [-0.05, 0) is 61.4 Å². The molecule has 4 aliphatic rings. The molecule has 4 saturated heterocycles. The second kappa shape index (κ2) is 29.3. The quantitative estimate of drug-likeness (QED) is 0.0202. The van der Waals surface area contributed by atoms with Gasteiger partial charge in [0.05, 0.1) is 34.0 Å². The highest BCUT2D eigenvalue weighted by Gasteiger charge is 2.86. The van der Waals surface area contributed by atoms with Crippen LogP contribution in [-0.4, -0.2) is 337 Å². The van der Waals surface area contributed by atoms with Crippen molar-refractivity contribution in [3.63, 3.8) is 0 Å². The second-order valence-corrected chi connectivity index (χ2v) is 23.6. The van der Waals surface area contributed by atoms with Crippen LogP contribution in [0.4, 0.5) is 0 Å². The zero-order valence-corrected chi connectivity index (χ0v) is 51.1. The number of rotatable bonds is 26. The van der Waals surface area contributed by atoms with Crippen LogP contribution in [0.1, 0.15) is 35.3 Å². The molecule has 4 aliphatic heterocycles. The van der Waals surface area contributed by atoms with Crippen molar-refractivity contribution in [2.24, 2.45) is 0 Å². The van der Waals surface area contributed by atoms with Crippen LogP contribution in [0.15, 0.2) is 78.9 Å². The number of Topliss-reactive ketones (excluding diaryl/α,β-unsaturated/α-hetero) is 4. The topological polar surface area (TPSA) is 612 Å². The Morgan fingerprint density at radius 3 is 1.61 bits per heavy atom. The van der Waals surface area contributed by atoms with Gasteiger partial charge in [-0.25, -0.2) is 4.79 Å². The van der Waals surface area contributed by atoms with Crippen LogP contribution in [0.5, 0.6) is 23.0 Å². The minimum Gasteiger partial charge on any atom is -0.504 e. The maximum absolute atomic E-state index is 17.5. The van der Waals surface area contributed by atoms with Gasteiger partial charge in [0, 0.05) is 11.6 Å². The molecule has 35 nitrogen and oxygen atoms in total. The van der Waals surface area contributed by atoms with Gasteiger partial charge in [-0.3, -0.25) is 24.0 Å². The molecule has 3 aromatic rings. The van der Waals surface area contributed by atoms with Crippen molar-refractivity contribution >= 4 is 47.0 Å². The summed E-state index contributed by atoms with van der Waals surface area (Å²) in [6.07, 6.45) is -59.3. The molecule has 0 radical (unpaired) electrons. The van der Waals surface area contributed by atoms with Gasteiger partial charge < -0.3 is 146 Å². The molecule has 35 heteroatoms. The Morgan fingerprint density at radius 2 is 1.11 bits per heavy atom. The van der Waals surface area contributed by atoms with Crippen molar-refractivity contribution in [3.05, 3.63) is 95.6 Å². The first-order valence-electron chi connectivity index (χ1n) is 29.1. The Hall–Kier alpha value is -6.80. The van der Waals surface area contributed by atoms with Crippen molar-refractivity contribution < 1.29 is 174 Å². The van der Waals surface area contributed by atoms with E-state index < -0.39 is 234 Å². The highest BCUT2D eigenvalue weighted by molar-refractivity contribution is 6.12. The van der Waals surface area contributed by atoms with E-state index in [1.807, 2.05) is 0 Å². The van der Waals surface area contributed by atoms with Crippen molar-refractivity contribution in [3.8, 4) is 23.0 Å².